The van der Waals surface area contributed by atoms with Gasteiger partial charge in [0.2, 0.25) is 0 Å². The van der Waals surface area contributed by atoms with Crippen molar-refractivity contribution >= 4 is 17.9 Å². The fourth-order valence-corrected chi connectivity index (χ4v) is 7.04. The van der Waals surface area contributed by atoms with Gasteiger partial charge in [0.15, 0.2) is 6.10 Å². The Hall–Kier alpha value is -2.37. The van der Waals surface area contributed by atoms with Crippen LogP contribution in [-0.4, -0.2) is 37.2 Å². The monoisotopic (exact) mass is 815 g/mol. The van der Waals surface area contributed by atoms with E-state index in [1.807, 2.05) is 0 Å². The molecule has 0 heterocycles. The number of hydrogen-bond acceptors (Lipinski definition) is 6. The van der Waals surface area contributed by atoms with Gasteiger partial charge in [-0.15, -0.1) is 0 Å². The first-order valence-corrected chi connectivity index (χ1v) is 25.0. The van der Waals surface area contributed by atoms with Crippen molar-refractivity contribution in [2.24, 2.45) is 0 Å². The van der Waals surface area contributed by atoms with E-state index in [4.69, 9.17) is 14.2 Å². The largest absolute Gasteiger partial charge is 0.462 e. The lowest BCUT2D eigenvalue weighted by molar-refractivity contribution is -0.167. The van der Waals surface area contributed by atoms with Crippen LogP contribution < -0.4 is 0 Å². The summed E-state index contributed by atoms with van der Waals surface area (Å²) < 4.78 is 16.7. The van der Waals surface area contributed by atoms with E-state index in [2.05, 4.69) is 57.2 Å². The number of unbranched alkanes of at least 4 members (excludes halogenated alkanes) is 28. The van der Waals surface area contributed by atoms with Crippen molar-refractivity contribution in [1.29, 1.82) is 0 Å². The lowest BCUT2D eigenvalue weighted by atomic mass is 10.0. The molecule has 0 rings (SSSR count). The molecule has 0 N–H and O–H groups in total. The maximum atomic E-state index is 12.7. The summed E-state index contributed by atoms with van der Waals surface area (Å²) in [6.07, 6.45) is 54.1. The van der Waals surface area contributed by atoms with E-state index < -0.39 is 6.10 Å². The molecule has 1 unspecified atom stereocenters. The van der Waals surface area contributed by atoms with E-state index in [9.17, 15) is 14.4 Å². The molecule has 338 valence electrons. The van der Waals surface area contributed by atoms with Crippen LogP contribution in [0.2, 0.25) is 0 Å². The number of hydrogen-bond donors (Lipinski definition) is 0. The summed E-state index contributed by atoms with van der Waals surface area (Å²) in [6.45, 7) is 6.56. The summed E-state index contributed by atoms with van der Waals surface area (Å²) >= 11 is 0. The van der Waals surface area contributed by atoms with Gasteiger partial charge in [-0.05, 0) is 70.6 Å². The summed E-state index contributed by atoms with van der Waals surface area (Å²) in [6, 6.07) is 0. The zero-order valence-electron chi connectivity index (χ0n) is 38.6. The molecule has 0 amide bonds. The first kappa shape index (κ1) is 55.6. The molecule has 0 spiro atoms. The van der Waals surface area contributed by atoms with Gasteiger partial charge in [-0.2, -0.15) is 0 Å². The second kappa shape index (κ2) is 47.3. The zero-order valence-corrected chi connectivity index (χ0v) is 38.6. The highest BCUT2D eigenvalue weighted by Gasteiger charge is 2.19. The number of allylic oxidation sites excluding steroid dienone is 6. The Bertz CT molecular complexity index is 984. The van der Waals surface area contributed by atoms with Crippen molar-refractivity contribution in [3.63, 3.8) is 0 Å². The molecular weight excluding hydrogens is 721 g/mol. The predicted octanol–water partition coefficient (Wildman–Crippen LogP) is 16.1. The third-order valence-electron chi connectivity index (χ3n) is 10.9. The molecule has 0 aliphatic rings. The molecule has 0 saturated heterocycles. The Kier molecular flexibility index (Phi) is 45.4. The number of ether oxygens (including phenoxy) is 3. The molecule has 58 heavy (non-hydrogen) atoms. The number of rotatable bonds is 45. The van der Waals surface area contributed by atoms with Gasteiger partial charge < -0.3 is 14.2 Å². The van der Waals surface area contributed by atoms with Crippen LogP contribution >= 0.6 is 0 Å². The van der Waals surface area contributed by atoms with Crippen molar-refractivity contribution in [3.05, 3.63) is 36.5 Å². The van der Waals surface area contributed by atoms with Gasteiger partial charge in [0.05, 0.1) is 0 Å². The van der Waals surface area contributed by atoms with Gasteiger partial charge in [0, 0.05) is 19.3 Å². The molecule has 0 fully saturated rings. The first-order valence-electron chi connectivity index (χ1n) is 25.0. The highest BCUT2D eigenvalue weighted by atomic mass is 16.6. The van der Waals surface area contributed by atoms with Crippen molar-refractivity contribution in [2.75, 3.05) is 13.2 Å². The third-order valence-corrected chi connectivity index (χ3v) is 10.9. The Morgan fingerprint density at radius 3 is 1.05 bits per heavy atom. The molecule has 6 nitrogen and oxygen atoms in total. The maximum Gasteiger partial charge on any atom is 0.306 e. The van der Waals surface area contributed by atoms with Gasteiger partial charge in [-0.1, -0.05) is 205 Å². The number of carbonyl (C=O) groups excluding carboxylic acids is 3. The molecule has 0 saturated carbocycles. The molecule has 0 aromatic rings. The van der Waals surface area contributed by atoms with Crippen molar-refractivity contribution in [3.8, 4) is 0 Å². The molecule has 0 aromatic carbocycles. The number of carbonyl (C=O) groups is 3. The van der Waals surface area contributed by atoms with Crippen LogP contribution in [0.3, 0.4) is 0 Å². The van der Waals surface area contributed by atoms with Crippen LogP contribution in [-0.2, 0) is 28.6 Å². The van der Waals surface area contributed by atoms with Crippen LogP contribution in [0.5, 0.6) is 0 Å². The van der Waals surface area contributed by atoms with E-state index in [1.54, 1.807) is 0 Å². The quantitative estimate of drug-likeness (QED) is 0.0264. The molecule has 0 aromatic heterocycles. The van der Waals surface area contributed by atoms with E-state index in [-0.39, 0.29) is 31.1 Å². The topological polar surface area (TPSA) is 78.9 Å². The normalized spacial score (nSPS) is 12.3. The van der Waals surface area contributed by atoms with E-state index in [1.165, 1.54) is 128 Å². The summed E-state index contributed by atoms with van der Waals surface area (Å²) in [7, 11) is 0. The van der Waals surface area contributed by atoms with Gasteiger partial charge in [0.1, 0.15) is 13.2 Å². The van der Waals surface area contributed by atoms with Crippen molar-refractivity contribution in [2.45, 2.75) is 264 Å². The Morgan fingerprint density at radius 1 is 0.345 bits per heavy atom. The van der Waals surface area contributed by atoms with Crippen LogP contribution in [0.25, 0.3) is 0 Å². The predicted molar refractivity (Wildman–Crippen MR) is 247 cm³/mol. The fraction of sp³-hybridized carbons (Fsp3) is 0.827. The molecule has 6 heteroatoms. The lowest BCUT2D eigenvalue weighted by Crippen LogP contribution is -2.30. The summed E-state index contributed by atoms with van der Waals surface area (Å²) in [5.74, 6) is -0.891. The first-order chi connectivity index (χ1) is 28.5. The highest BCUT2D eigenvalue weighted by Crippen LogP contribution is 2.15. The Balaban J connectivity index is 4.34. The average Bonchev–Trinajstić information content (AvgIpc) is 3.22. The summed E-state index contributed by atoms with van der Waals surface area (Å²) in [5.41, 5.74) is 0. The minimum absolute atomic E-state index is 0.0775. The molecule has 1 atom stereocenters. The second-order valence-electron chi connectivity index (χ2n) is 16.7. The van der Waals surface area contributed by atoms with E-state index in [0.717, 1.165) is 89.9 Å². The third kappa shape index (κ3) is 44.7. The fourth-order valence-electron chi connectivity index (χ4n) is 7.04. The number of esters is 3. The minimum Gasteiger partial charge on any atom is -0.462 e. The van der Waals surface area contributed by atoms with Gasteiger partial charge in [-0.25, -0.2) is 0 Å². The molecule has 0 aliphatic heterocycles. The Labute approximate surface area is 359 Å². The van der Waals surface area contributed by atoms with Crippen LogP contribution in [0.15, 0.2) is 36.5 Å². The lowest BCUT2D eigenvalue weighted by Gasteiger charge is -2.18. The van der Waals surface area contributed by atoms with Crippen LogP contribution in [0.4, 0.5) is 0 Å². The molecule has 0 bridgehead atoms. The average molecular weight is 815 g/mol. The van der Waals surface area contributed by atoms with Gasteiger partial charge in [0.25, 0.3) is 0 Å². The highest BCUT2D eigenvalue weighted by molar-refractivity contribution is 5.71. The van der Waals surface area contributed by atoms with Crippen LogP contribution in [0, 0.1) is 0 Å². The molecular formula is C52H94O6. The van der Waals surface area contributed by atoms with E-state index >= 15 is 0 Å². The summed E-state index contributed by atoms with van der Waals surface area (Å²) in [4.78, 5) is 37.8. The second-order valence-corrected chi connectivity index (χ2v) is 16.7. The van der Waals surface area contributed by atoms with Gasteiger partial charge in [-0.3, -0.25) is 14.4 Å². The minimum atomic E-state index is -0.774. The van der Waals surface area contributed by atoms with Crippen LogP contribution in [0.1, 0.15) is 258 Å². The standard InChI is InChI=1S/C52H94O6/c1-4-7-10-13-16-19-22-24-25-26-27-29-30-33-36-39-42-45-51(54)57-48-49(47-56-50(53)44-41-38-35-32-21-18-15-12-9-6-3)58-52(55)46-43-40-37-34-31-28-23-20-17-14-11-8-5-2/h15-16,18-19,24-25,49H,4-14,17,20-23,26-48H2,1-3H3/b18-15-,19-16-,25-24-. The van der Waals surface area contributed by atoms with E-state index in [0.29, 0.717) is 19.3 Å². The maximum absolute atomic E-state index is 12.7. The SMILES string of the molecule is CCCC/C=C\CCCCCCC(=O)OCC(COC(=O)CCCCCCCCC/C=C\C/C=C\CCCCC)OC(=O)CCCCCCCCCCCCCCC. The molecule has 0 radical (unpaired) electrons. The van der Waals surface area contributed by atoms with Gasteiger partial charge >= 0.3 is 17.9 Å². The summed E-state index contributed by atoms with van der Waals surface area (Å²) in [5, 5.41) is 0. The van der Waals surface area contributed by atoms with Crippen molar-refractivity contribution in [1.82, 2.24) is 0 Å². The molecule has 0 aliphatic carbocycles. The Morgan fingerprint density at radius 2 is 0.638 bits per heavy atom. The smallest absolute Gasteiger partial charge is 0.306 e. The zero-order chi connectivity index (χ0) is 42.3. The van der Waals surface area contributed by atoms with Crippen molar-refractivity contribution < 1.29 is 28.6 Å².